The van der Waals surface area contributed by atoms with Crippen molar-refractivity contribution in [2.45, 2.75) is 38.4 Å². The van der Waals surface area contributed by atoms with Crippen LogP contribution in [0, 0.1) is 5.92 Å². The van der Waals surface area contributed by atoms with E-state index in [4.69, 9.17) is 4.74 Å². The molecule has 12 heavy (non-hydrogen) atoms. The molecule has 2 heteroatoms. The molecule has 1 aliphatic carbocycles. The third-order valence-electron chi connectivity index (χ3n) is 3.09. The zero-order valence-electron chi connectivity index (χ0n) is 7.71. The zero-order valence-corrected chi connectivity index (χ0v) is 7.71. The average molecular weight is 168 g/mol. The van der Waals surface area contributed by atoms with Gasteiger partial charge in [-0.2, -0.15) is 0 Å². The molecule has 2 aliphatic rings. The highest BCUT2D eigenvalue weighted by molar-refractivity contribution is 5.15. The maximum atomic E-state index is 9.20. The van der Waals surface area contributed by atoms with Crippen LogP contribution in [-0.4, -0.2) is 23.4 Å². The summed E-state index contributed by atoms with van der Waals surface area (Å²) >= 11 is 0. The summed E-state index contributed by atoms with van der Waals surface area (Å²) in [6.45, 7) is 4.29. The maximum absolute atomic E-state index is 9.20. The van der Waals surface area contributed by atoms with E-state index in [-0.39, 0.29) is 12.2 Å². The van der Waals surface area contributed by atoms with Gasteiger partial charge in [-0.1, -0.05) is 11.6 Å². The van der Waals surface area contributed by atoms with Gasteiger partial charge in [0.1, 0.15) is 0 Å². The Balaban J connectivity index is 2.25. The van der Waals surface area contributed by atoms with Crippen LogP contribution in [0.25, 0.3) is 0 Å². The van der Waals surface area contributed by atoms with E-state index in [1.165, 1.54) is 5.57 Å². The first-order valence-corrected chi connectivity index (χ1v) is 4.60. The van der Waals surface area contributed by atoms with Gasteiger partial charge in [0.25, 0.3) is 0 Å². The van der Waals surface area contributed by atoms with Gasteiger partial charge in [0.15, 0.2) is 0 Å². The van der Waals surface area contributed by atoms with E-state index in [9.17, 15) is 5.11 Å². The zero-order chi connectivity index (χ0) is 8.77. The van der Waals surface area contributed by atoms with Crippen molar-refractivity contribution in [3.8, 4) is 0 Å². The van der Waals surface area contributed by atoms with E-state index >= 15 is 0 Å². The summed E-state index contributed by atoms with van der Waals surface area (Å²) < 4.78 is 5.79. The van der Waals surface area contributed by atoms with Gasteiger partial charge in [-0.05, 0) is 26.7 Å². The number of aliphatic hydroxyl groups is 1. The Morgan fingerprint density at radius 1 is 1.75 bits per heavy atom. The number of rotatable bonds is 1. The van der Waals surface area contributed by atoms with Gasteiger partial charge in [0, 0.05) is 5.92 Å². The molecule has 68 valence electrons. The molecule has 1 heterocycles. The highest BCUT2D eigenvalue weighted by Crippen LogP contribution is 2.42. The van der Waals surface area contributed by atoms with E-state index in [0.29, 0.717) is 12.0 Å². The van der Waals surface area contributed by atoms with Crippen LogP contribution in [-0.2, 0) is 4.74 Å². The summed E-state index contributed by atoms with van der Waals surface area (Å²) in [5, 5.41) is 9.20. The van der Waals surface area contributed by atoms with Crippen molar-refractivity contribution in [3.05, 3.63) is 11.6 Å². The fourth-order valence-corrected chi connectivity index (χ4v) is 2.34. The van der Waals surface area contributed by atoms with Crippen molar-refractivity contribution in [2.24, 2.45) is 5.92 Å². The Morgan fingerprint density at radius 3 is 3.17 bits per heavy atom. The van der Waals surface area contributed by atoms with Crippen LogP contribution in [0.2, 0.25) is 0 Å². The highest BCUT2D eigenvalue weighted by atomic mass is 16.5. The van der Waals surface area contributed by atoms with E-state index in [1.54, 1.807) is 0 Å². The Labute approximate surface area is 73.2 Å². The van der Waals surface area contributed by atoms with Gasteiger partial charge in [-0.3, -0.25) is 0 Å². The summed E-state index contributed by atoms with van der Waals surface area (Å²) in [6.07, 6.45) is 4.76. The Bertz CT molecular complexity index is 222. The van der Waals surface area contributed by atoms with Crippen molar-refractivity contribution in [1.29, 1.82) is 0 Å². The largest absolute Gasteiger partial charge is 0.393 e. The van der Waals surface area contributed by atoms with Gasteiger partial charge < -0.3 is 9.84 Å². The fourth-order valence-electron chi connectivity index (χ4n) is 2.34. The van der Waals surface area contributed by atoms with Crippen molar-refractivity contribution in [3.63, 3.8) is 0 Å². The van der Waals surface area contributed by atoms with Crippen molar-refractivity contribution in [2.75, 3.05) is 6.61 Å². The van der Waals surface area contributed by atoms with Crippen LogP contribution < -0.4 is 0 Å². The Morgan fingerprint density at radius 2 is 2.50 bits per heavy atom. The number of hydrogen-bond acceptors (Lipinski definition) is 2. The first-order chi connectivity index (χ1) is 5.64. The average Bonchev–Trinajstić information content (AvgIpc) is 2.24. The highest BCUT2D eigenvalue weighted by Gasteiger charge is 2.45. The molecule has 1 saturated heterocycles. The van der Waals surface area contributed by atoms with Gasteiger partial charge >= 0.3 is 0 Å². The standard InChI is InChI=1S/C10H16O2/c1-7-3-8-5-9(4-7)12-10(8,2)6-11/h3,8-9,11H,4-6H2,1-2H3/t8-,9-,10+/m1/s1. The molecule has 2 nitrogen and oxygen atoms in total. The topological polar surface area (TPSA) is 29.5 Å². The molecule has 1 N–H and O–H groups in total. The predicted octanol–water partition coefficient (Wildman–Crippen LogP) is 1.49. The molecule has 1 fully saturated rings. The maximum Gasteiger partial charge on any atom is 0.0951 e. The van der Waals surface area contributed by atoms with Crippen LogP contribution in [0.3, 0.4) is 0 Å². The number of aliphatic hydroxyl groups excluding tert-OH is 1. The summed E-state index contributed by atoms with van der Waals surface area (Å²) in [6, 6.07) is 0. The third kappa shape index (κ3) is 1.10. The second kappa shape index (κ2) is 2.57. The molecule has 0 aromatic carbocycles. The van der Waals surface area contributed by atoms with Crippen LogP contribution in [0.5, 0.6) is 0 Å². The monoisotopic (exact) mass is 168 g/mol. The van der Waals surface area contributed by atoms with Crippen molar-refractivity contribution in [1.82, 2.24) is 0 Å². The summed E-state index contributed by atoms with van der Waals surface area (Å²) in [4.78, 5) is 0. The molecule has 2 rings (SSSR count). The molecule has 0 amide bonds. The lowest BCUT2D eigenvalue weighted by Gasteiger charge is -2.25. The number of fused-ring (bicyclic) bond motifs is 2. The minimum Gasteiger partial charge on any atom is -0.393 e. The van der Waals surface area contributed by atoms with Crippen LogP contribution in [0.15, 0.2) is 11.6 Å². The molecule has 0 aromatic rings. The minimum atomic E-state index is -0.303. The van der Waals surface area contributed by atoms with E-state index in [0.717, 1.165) is 12.8 Å². The lowest BCUT2D eigenvalue weighted by Crippen LogP contribution is -2.34. The van der Waals surface area contributed by atoms with E-state index in [2.05, 4.69) is 13.0 Å². The fraction of sp³-hybridized carbons (Fsp3) is 0.800. The number of hydrogen-bond donors (Lipinski definition) is 1. The smallest absolute Gasteiger partial charge is 0.0951 e. The second-order valence-corrected chi connectivity index (χ2v) is 4.27. The SMILES string of the molecule is CC1=C[C@@H]2C[C@@H](C1)O[C@@]2(C)CO. The molecule has 0 radical (unpaired) electrons. The molecule has 3 atom stereocenters. The first-order valence-electron chi connectivity index (χ1n) is 4.60. The van der Waals surface area contributed by atoms with Crippen LogP contribution in [0.4, 0.5) is 0 Å². The summed E-state index contributed by atoms with van der Waals surface area (Å²) in [5.74, 6) is 0.432. The Kier molecular flexibility index (Phi) is 1.77. The normalized spacial score (nSPS) is 46.1. The molecule has 0 saturated carbocycles. The van der Waals surface area contributed by atoms with Crippen LogP contribution in [0.1, 0.15) is 26.7 Å². The molecule has 0 spiro atoms. The van der Waals surface area contributed by atoms with Gasteiger partial charge in [-0.25, -0.2) is 0 Å². The lowest BCUT2D eigenvalue weighted by molar-refractivity contribution is -0.0674. The quantitative estimate of drug-likeness (QED) is 0.601. The van der Waals surface area contributed by atoms with Gasteiger partial charge in [-0.15, -0.1) is 0 Å². The third-order valence-corrected chi connectivity index (χ3v) is 3.09. The van der Waals surface area contributed by atoms with Crippen molar-refractivity contribution >= 4 is 0 Å². The predicted molar refractivity (Wildman–Crippen MR) is 46.8 cm³/mol. The minimum absolute atomic E-state index is 0.137. The molecular weight excluding hydrogens is 152 g/mol. The second-order valence-electron chi connectivity index (χ2n) is 4.27. The summed E-state index contributed by atoms with van der Waals surface area (Å²) in [5.41, 5.74) is 1.11. The van der Waals surface area contributed by atoms with Crippen LogP contribution >= 0.6 is 0 Å². The molecule has 1 aliphatic heterocycles. The molecule has 0 aromatic heterocycles. The van der Waals surface area contributed by atoms with Gasteiger partial charge in [0.2, 0.25) is 0 Å². The van der Waals surface area contributed by atoms with E-state index in [1.807, 2.05) is 6.92 Å². The molecule has 2 bridgehead atoms. The van der Waals surface area contributed by atoms with Gasteiger partial charge in [0.05, 0.1) is 18.3 Å². The molecular formula is C10H16O2. The Hall–Kier alpha value is -0.340. The summed E-state index contributed by atoms with van der Waals surface area (Å²) in [7, 11) is 0. The first kappa shape index (κ1) is 8.27. The lowest BCUT2D eigenvalue weighted by atomic mass is 9.83. The number of ether oxygens (including phenoxy) is 1. The van der Waals surface area contributed by atoms with E-state index < -0.39 is 0 Å². The van der Waals surface area contributed by atoms with Crippen molar-refractivity contribution < 1.29 is 9.84 Å². The molecule has 0 unspecified atom stereocenters.